The summed E-state index contributed by atoms with van der Waals surface area (Å²) < 4.78 is 10.6. The molecule has 3 rings (SSSR count). The molecule has 0 atom stereocenters. The van der Waals surface area contributed by atoms with Crippen LogP contribution < -0.4 is 5.32 Å². The lowest BCUT2D eigenvalue weighted by Crippen LogP contribution is -2.17. The normalized spacial score (nSPS) is 16.0. The number of aromatic nitrogens is 1. The number of thioether (sulfide) groups is 1. The number of fused-ring (bicyclic) bond motifs is 1. The maximum atomic E-state index is 11.5. The Balaban J connectivity index is 1.99. The molecule has 6 nitrogen and oxygen atoms in total. The van der Waals surface area contributed by atoms with Gasteiger partial charge in [0.15, 0.2) is 5.58 Å². The van der Waals surface area contributed by atoms with Gasteiger partial charge in [-0.1, -0.05) is 11.8 Å². The van der Waals surface area contributed by atoms with Gasteiger partial charge in [0.2, 0.25) is 0 Å². The van der Waals surface area contributed by atoms with Gasteiger partial charge in [-0.2, -0.15) is 0 Å². The van der Waals surface area contributed by atoms with Crippen LogP contribution in [0.1, 0.15) is 11.3 Å². The summed E-state index contributed by atoms with van der Waals surface area (Å²) in [7, 11) is 1.57. The third-order valence-corrected chi connectivity index (χ3v) is 3.61. The fraction of sp³-hybridized carbons (Fsp3) is 0.133. The van der Waals surface area contributed by atoms with Gasteiger partial charge in [-0.25, -0.2) is 0 Å². The van der Waals surface area contributed by atoms with Gasteiger partial charge in [0.1, 0.15) is 12.4 Å². The van der Waals surface area contributed by atoms with Gasteiger partial charge in [0, 0.05) is 31.0 Å². The van der Waals surface area contributed by atoms with Crippen LogP contribution in [0.4, 0.5) is 4.79 Å². The van der Waals surface area contributed by atoms with Crippen LogP contribution in [0.25, 0.3) is 17.0 Å². The Kier molecular flexibility index (Phi) is 3.96. The third kappa shape index (κ3) is 2.88. The number of nitrogens with zero attached hydrogens (tertiary/aromatic N) is 1. The molecule has 0 unspecified atom stereocenters. The Morgan fingerprint density at radius 3 is 3.05 bits per heavy atom. The minimum atomic E-state index is -0.423. The molecule has 1 aliphatic heterocycles. The van der Waals surface area contributed by atoms with Crippen molar-refractivity contribution in [2.45, 2.75) is 0 Å². The molecule has 1 N–H and O–H groups in total. The van der Waals surface area contributed by atoms with Gasteiger partial charge in [-0.15, -0.1) is 0 Å². The number of furan rings is 1. The van der Waals surface area contributed by atoms with Crippen LogP contribution in [0.5, 0.6) is 0 Å². The zero-order chi connectivity index (χ0) is 15.5. The van der Waals surface area contributed by atoms with Gasteiger partial charge in [0.05, 0.1) is 10.5 Å². The summed E-state index contributed by atoms with van der Waals surface area (Å²) >= 11 is 0.841. The third-order valence-electron chi connectivity index (χ3n) is 2.80. The minimum absolute atomic E-state index is 0.295. The number of hydrogen-bond donors (Lipinski definition) is 1. The maximum absolute atomic E-state index is 11.5. The lowest BCUT2D eigenvalue weighted by molar-refractivity contribution is -0.115. The second-order valence-electron chi connectivity index (χ2n) is 4.34. The highest BCUT2D eigenvalue weighted by atomic mass is 32.2. The average molecular weight is 314 g/mol. The molecule has 1 saturated heterocycles. The van der Waals surface area contributed by atoms with E-state index in [1.165, 1.54) is 6.08 Å². The molecule has 7 heteroatoms. The molecule has 0 aromatic carbocycles. The number of hydrogen-bond acceptors (Lipinski definition) is 6. The van der Waals surface area contributed by atoms with E-state index in [0.29, 0.717) is 28.4 Å². The predicted octanol–water partition coefficient (Wildman–Crippen LogP) is 2.15. The van der Waals surface area contributed by atoms with Crippen molar-refractivity contribution in [2.24, 2.45) is 0 Å². The van der Waals surface area contributed by atoms with Crippen LogP contribution >= 0.6 is 11.8 Å². The van der Waals surface area contributed by atoms with E-state index in [4.69, 9.17) is 9.15 Å². The Hall–Kier alpha value is -2.56. The standard InChI is InChI=1S/C15H10N2O4S/c1-20-4-2-3-9-7-16-8-10-5-11(21-13(9)10)6-12-14(18)17-15(19)22-12/h5-8H,4H2,1H3,(H,17,18,19)/b12-6+. The number of rotatable bonds is 2. The summed E-state index contributed by atoms with van der Waals surface area (Å²) in [5.41, 5.74) is 1.22. The van der Waals surface area contributed by atoms with E-state index in [9.17, 15) is 9.59 Å². The summed E-state index contributed by atoms with van der Waals surface area (Å²) in [5.74, 6) is 5.80. The summed E-state index contributed by atoms with van der Waals surface area (Å²) in [6.45, 7) is 0.312. The Morgan fingerprint density at radius 1 is 1.45 bits per heavy atom. The molecule has 0 spiro atoms. The molecule has 22 heavy (non-hydrogen) atoms. The van der Waals surface area contributed by atoms with E-state index in [0.717, 1.165) is 17.1 Å². The van der Waals surface area contributed by atoms with E-state index in [1.54, 1.807) is 25.6 Å². The van der Waals surface area contributed by atoms with Crippen molar-refractivity contribution in [3.05, 3.63) is 34.7 Å². The van der Waals surface area contributed by atoms with Crippen molar-refractivity contribution >= 4 is 40.0 Å². The molecule has 0 bridgehead atoms. The van der Waals surface area contributed by atoms with E-state index in [-0.39, 0.29) is 5.24 Å². The van der Waals surface area contributed by atoms with Crippen molar-refractivity contribution in [1.29, 1.82) is 0 Å². The van der Waals surface area contributed by atoms with Crippen molar-refractivity contribution in [1.82, 2.24) is 10.3 Å². The van der Waals surface area contributed by atoms with Crippen LogP contribution in [0.2, 0.25) is 0 Å². The van der Waals surface area contributed by atoms with Gasteiger partial charge >= 0.3 is 0 Å². The number of carbonyl (C=O) groups excluding carboxylic acids is 2. The van der Waals surface area contributed by atoms with Gasteiger partial charge < -0.3 is 9.15 Å². The van der Waals surface area contributed by atoms with E-state index in [1.807, 2.05) is 0 Å². The summed E-state index contributed by atoms with van der Waals surface area (Å²) in [6, 6.07) is 1.74. The lowest BCUT2D eigenvalue weighted by Gasteiger charge is -1.92. The first kappa shape index (κ1) is 14.4. The van der Waals surface area contributed by atoms with Crippen molar-refractivity contribution in [3.8, 4) is 11.8 Å². The molecule has 3 heterocycles. The molecule has 110 valence electrons. The highest BCUT2D eigenvalue weighted by molar-refractivity contribution is 8.18. The van der Waals surface area contributed by atoms with Crippen molar-refractivity contribution in [2.75, 3.05) is 13.7 Å². The summed E-state index contributed by atoms with van der Waals surface area (Å²) in [4.78, 5) is 27.1. The van der Waals surface area contributed by atoms with Crippen LogP contribution in [-0.4, -0.2) is 29.8 Å². The first-order chi connectivity index (χ1) is 10.7. The van der Waals surface area contributed by atoms with Crippen LogP contribution in [0, 0.1) is 11.8 Å². The van der Waals surface area contributed by atoms with Gasteiger partial charge in [-0.3, -0.25) is 19.9 Å². The number of amides is 2. The Morgan fingerprint density at radius 2 is 2.32 bits per heavy atom. The Labute approximate surface area is 129 Å². The zero-order valence-electron chi connectivity index (χ0n) is 11.5. The fourth-order valence-corrected chi connectivity index (χ4v) is 2.56. The number of pyridine rings is 1. The zero-order valence-corrected chi connectivity index (χ0v) is 12.3. The molecule has 0 radical (unpaired) electrons. The quantitative estimate of drug-likeness (QED) is 0.675. The molecule has 1 fully saturated rings. The molecular formula is C15H10N2O4S. The lowest BCUT2D eigenvalue weighted by atomic mass is 10.2. The molecule has 0 aliphatic carbocycles. The molecule has 2 amide bonds. The van der Waals surface area contributed by atoms with Crippen molar-refractivity contribution in [3.63, 3.8) is 0 Å². The van der Waals surface area contributed by atoms with E-state index in [2.05, 4.69) is 22.1 Å². The number of ether oxygens (including phenoxy) is 1. The predicted molar refractivity (Wildman–Crippen MR) is 81.9 cm³/mol. The average Bonchev–Trinajstić information content (AvgIpc) is 3.03. The molecule has 1 aliphatic rings. The summed E-state index contributed by atoms with van der Waals surface area (Å²) in [6.07, 6.45) is 4.78. The number of nitrogens with one attached hydrogen (secondary N) is 1. The number of carbonyl (C=O) groups is 2. The fourth-order valence-electron chi connectivity index (χ4n) is 1.90. The number of methoxy groups -OCH3 is 1. The Bertz CT molecular complexity index is 857. The first-order valence-electron chi connectivity index (χ1n) is 6.27. The van der Waals surface area contributed by atoms with Crippen LogP contribution in [-0.2, 0) is 9.53 Å². The minimum Gasteiger partial charge on any atom is -0.455 e. The van der Waals surface area contributed by atoms with Gasteiger partial charge in [0.25, 0.3) is 11.1 Å². The topological polar surface area (TPSA) is 81.4 Å². The molecule has 0 saturated carbocycles. The van der Waals surface area contributed by atoms with Gasteiger partial charge in [-0.05, 0) is 17.8 Å². The second-order valence-corrected chi connectivity index (χ2v) is 5.36. The molecule has 2 aromatic heterocycles. The number of imide groups is 1. The SMILES string of the molecule is COCC#Cc1cncc2cc(/C=C3/SC(=O)NC3=O)oc12. The highest BCUT2D eigenvalue weighted by Gasteiger charge is 2.25. The maximum Gasteiger partial charge on any atom is 0.290 e. The first-order valence-corrected chi connectivity index (χ1v) is 7.09. The largest absolute Gasteiger partial charge is 0.455 e. The highest BCUT2D eigenvalue weighted by Crippen LogP contribution is 2.28. The smallest absolute Gasteiger partial charge is 0.290 e. The summed E-state index contributed by atoms with van der Waals surface area (Å²) in [5, 5.41) is 2.57. The molecule has 2 aromatic rings. The van der Waals surface area contributed by atoms with Crippen molar-refractivity contribution < 1.29 is 18.7 Å². The second kappa shape index (κ2) is 6.05. The van der Waals surface area contributed by atoms with Crippen LogP contribution in [0.3, 0.4) is 0 Å². The van der Waals surface area contributed by atoms with Crippen LogP contribution in [0.15, 0.2) is 27.8 Å². The van der Waals surface area contributed by atoms with E-state index < -0.39 is 5.91 Å². The molecular weight excluding hydrogens is 304 g/mol. The monoisotopic (exact) mass is 314 g/mol. The van der Waals surface area contributed by atoms with E-state index >= 15 is 0 Å².